The van der Waals surface area contributed by atoms with Crippen molar-refractivity contribution in [3.8, 4) is 0 Å². The number of likely N-dealkylation sites (tertiary alicyclic amines) is 1. The lowest BCUT2D eigenvalue weighted by Crippen LogP contribution is -2.48. The van der Waals surface area contributed by atoms with E-state index in [1.54, 1.807) is 31.2 Å². The fraction of sp³-hybridized carbons (Fsp3) is 0.438. The third-order valence-corrected chi connectivity index (χ3v) is 3.76. The van der Waals surface area contributed by atoms with Crippen LogP contribution in [0.3, 0.4) is 0 Å². The maximum absolute atomic E-state index is 12.6. The molecule has 1 fully saturated rings. The number of carbonyl (C=O) groups is 3. The molecule has 0 aliphatic carbocycles. The zero-order valence-corrected chi connectivity index (χ0v) is 12.5. The highest BCUT2D eigenvalue weighted by Gasteiger charge is 2.32. The second-order valence-electron chi connectivity index (χ2n) is 5.33. The quantitative estimate of drug-likeness (QED) is 0.892. The molecule has 1 aromatic carbocycles. The molecule has 6 heteroatoms. The van der Waals surface area contributed by atoms with Crippen LogP contribution in [0.4, 0.5) is 5.69 Å². The van der Waals surface area contributed by atoms with Crippen LogP contribution in [0.15, 0.2) is 24.3 Å². The maximum atomic E-state index is 12.6. The fourth-order valence-corrected chi connectivity index (χ4v) is 2.58. The van der Waals surface area contributed by atoms with Crippen LogP contribution in [-0.2, 0) is 9.59 Å². The summed E-state index contributed by atoms with van der Waals surface area (Å²) in [5, 5.41) is 12.0. The topological polar surface area (TPSA) is 86.7 Å². The third-order valence-electron chi connectivity index (χ3n) is 3.76. The van der Waals surface area contributed by atoms with Gasteiger partial charge in [-0.05, 0) is 37.5 Å². The summed E-state index contributed by atoms with van der Waals surface area (Å²) in [5.74, 6) is -1.41. The third kappa shape index (κ3) is 3.63. The Hall–Kier alpha value is -2.37. The van der Waals surface area contributed by atoms with E-state index in [1.165, 1.54) is 4.90 Å². The van der Waals surface area contributed by atoms with Gasteiger partial charge in [-0.3, -0.25) is 9.59 Å². The van der Waals surface area contributed by atoms with Crippen molar-refractivity contribution in [1.29, 1.82) is 0 Å². The summed E-state index contributed by atoms with van der Waals surface area (Å²) < 4.78 is 0. The van der Waals surface area contributed by atoms with E-state index in [9.17, 15) is 19.5 Å². The maximum Gasteiger partial charge on any atom is 0.326 e. The first-order chi connectivity index (χ1) is 10.5. The smallest absolute Gasteiger partial charge is 0.326 e. The molecular weight excluding hydrogens is 284 g/mol. The average molecular weight is 304 g/mol. The number of carbonyl (C=O) groups excluding carboxylic acids is 2. The molecular formula is C16H20N2O4. The molecule has 6 nitrogen and oxygen atoms in total. The van der Waals surface area contributed by atoms with Crippen molar-refractivity contribution in [3.63, 3.8) is 0 Å². The lowest BCUT2D eigenvalue weighted by atomic mass is 10.0. The average Bonchev–Trinajstić information content (AvgIpc) is 2.54. The van der Waals surface area contributed by atoms with Crippen molar-refractivity contribution < 1.29 is 19.5 Å². The minimum atomic E-state index is -0.969. The lowest BCUT2D eigenvalue weighted by molar-refractivity contribution is -0.143. The SMILES string of the molecule is CCC(=O)Nc1cccc(C(=O)N2CCCCC2C(=O)O)c1. The predicted molar refractivity (Wildman–Crippen MR) is 81.7 cm³/mol. The molecule has 2 N–H and O–H groups in total. The zero-order chi connectivity index (χ0) is 16.1. The van der Waals surface area contributed by atoms with E-state index >= 15 is 0 Å². The molecule has 2 rings (SSSR count). The summed E-state index contributed by atoms with van der Waals surface area (Å²) in [5.41, 5.74) is 0.934. The summed E-state index contributed by atoms with van der Waals surface area (Å²) in [6, 6.07) is 5.84. The summed E-state index contributed by atoms with van der Waals surface area (Å²) >= 11 is 0. The number of carboxylic acid groups (broad SMARTS) is 1. The molecule has 1 saturated heterocycles. The molecule has 22 heavy (non-hydrogen) atoms. The Balaban J connectivity index is 2.19. The van der Waals surface area contributed by atoms with Crippen LogP contribution in [0, 0.1) is 0 Å². The number of hydrogen-bond acceptors (Lipinski definition) is 3. The summed E-state index contributed by atoms with van der Waals surface area (Å²) in [7, 11) is 0. The van der Waals surface area contributed by atoms with Gasteiger partial charge in [-0.15, -0.1) is 0 Å². The van der Waals surface area contributed by atoms with Crippen molar-refractivity contribution in [2.24, 2.45) is 0 Å². The highest BCUT2D eigenvalue weighted by molar-refractivity contribution is 5.98. The van der Waals surface area contributed by atoms with Crippen molar-refractivity contribution in [2.75, 3.05) is 11.9 Å². The number of rotatable bonds is 4. The Kier molecular flexibility index (Phi) is 5.14. The minimum absolute atomic E-state index is 0.133. The van der Waals surface area contributed by atoms with Crippen LogP contribution >= 0.6 is 0 Å². The molecule has 0 radical (unpaired) electrons. The Morgan fingerprint density at radius 2 is 2.09 bits per heavy atom. The molecule has 2 amide bonds. The Bertz CT molecular complexity index is 585. The summed E-state index contributed by atoms with van der Waals surface area (Å²) in [4.78, 5) is 36.7. The van der Waals surface area contributed by atoms with Gasteiger partial charge in [0.2, 0.25) is 5.91 Å². The largest absolute Gasteiger partial charge is 0.480 e. The van der Waals surface area contributed by atoms with Crippen LogP contribution < -0.4 is 5.32 Å². The van der Waals surface area contributed by atoms with Gasteiger partial charge in [0.25, 0.3) is 5.91 Å². The van der Waals surface area contributed by atoms with Gasteiger partial charge in [0.1, 0.15) is 6.04 Å². The molecule has 118 valence electrons. The van der Waals surface area contributed by atoms with E-state index in [2.05, 4.69) is 5.32 Å². The number of piperidine rings is 1. The second kappa shape index (κ2) is 7.06. The van der Waals surface area contributed by atoms with Gasteiger partial charge < -0.3 is 15.3 Å². The first kappa shape index (κ1) is 16.0. The Morgan fingerprint density at radius 1 is 1.32 bits per heavy atom. The molecule has 0 aromatic heterocycles. The fourth-order valence-electron chi connectivity index (χ4n) is 2.58. The number of anilines is 1. The van der Waals surface area contributed by atoms with Gasteiger partial charge in [-0.1, -0.05) is 13.0 Å². The number of nitrogens with zero attached hydrogens (tertiary/aromatic N) is 1. The molecule has 1 atom stereocenters. The van der Waals surface area contributed by atoms with Gasteiger partial charge >= 0.3 is 5.97 Å². The monoisotopic (exact) mass is 304 g/mol. The highest BCUT2D eigenvalue weighted by atomic mass is 16.4. The van der Waals surface area contributed by atoms with Crippen LogP contribution in [0.5, 0.6) is 0 Å². The van der Waals surface area contributed by atoms with Crippen LogP contribution in [0.1, 0.15) is 43.0 Å². The normalized spacial score (nSPS) is 17.9. The van der Waals surface area contributed by atoms with Gasteiger partial charge in [0.05, 0.1) is 0 Å². The molecule has 1 aliphatic rings. The standard InChI is InChI=1S/C16H20N2O4/c1-2-14(19)17-12-7-5-6-11(10-12)15(20)18-9-4-3-8-13(18)16(21)22/h5-7,10,13H,2-4,8-9H2,1H3,(H,17,19)(H,21,22). The number of nitrogens with one attached hydrogen (secondary N) is 1. The molecule has 1 aromatic rings. The van der Waals surface area contributed by atoms with Crippen LogP contribution in [0.25, 0.3) is 0 Å². The molecule has 0 bridgehead atoms. The minimum Gasteiger partial charge on any atom is -0.480 e. The highest BCUT2D eigenvalue weighted by Crippen LogP contribution is 2.21. The first-order valence-electron chi connectivity index (χ1n) is 7.46. The van der Waals surface area contributed by atoms with Gasteiger partial charge in [0.15, 0.2) is 0 Å². The van der Waals surface area contributed by atoms with Crippen molar-refractivity contribution >= 4 is 23.5 Å². The van der Waals surface area contributed by atoms with Crippen LogP contribution in [0.2, 0.25) is 0 Å². The van der Waals surface area contributed by atoms with Crippen molar-refractivity contribution in [2.45, 2.75) is 38.6 Å². The summed E-state index contributed by atoms with van der Waals surface area (Å²) in [6.45, 7) is 2.19. The molecule has 0 saturated carbocycles. The van der Waals surface area contributed by atoms with E-state index in [0.717, 1.165) is 12.8 Å². The van der Waals surface area contributed by atoms with Gasteiger partial charge in [-0.2, -0.15) is 0 Å². The van der Waals surface area contributed by atoms with E-state index < -0.39 is 12.0 Å². The van der Waals surface area contributed by atoms with Crippen molar-refractivity contribution in [1.82, 2.24) is 4.90 Å². The lowest BCUT2D eigenvalue weighted by Gasteiger charge is -2.33. The molecule has 0 spiro atoms. The number of carboxylic acids is 1. The summed E-state index contributed by atoms with van der Waals surface area (Å²) in [6.07, 6.45) is 2.45. The Labute approximate surface area is 129 Å². The molecule has 1 heterocycles. The van der Waals surface area contributed by atoms with Gasteiger partial charge in [-0.25, -0.2) is 4.79 Å². The van der Waals surface area contributed by atoms with E-state index in [1.807, 2.05) is 0 Å². The van der Waals surface area contributed by atoms with E-state index in [0.29, 0.717) is 30.6 Å². The van der Waals surface area contributed by atoms with Crippen molar-refractivity contribution in [3.05, 3.63) is 29.8 Å². The Morgan fingerprint density at radius 3 is 2.77 bits per heavy atom. The molecule has 1 unspecified atom stereocenters. The molecule has 1 aliphatic heterocycles. The predicted octanol–water partition coefficient (Wildman–Crippen LogP) is 2.11. The first-order valence-corrected chi connectivity index (χ1v) is 7.46. The van der Waals surface area contributed by atoms with E-state index in [-0.39, 0.29) is 11.8 Å². The number of aliphatic carboxylic acids is 1. The van der Waals surface area contributed by atoms with E-state index in [4.69, 9.17) is 0 Å². The van der Waals surface area contributed by atoms with Gasteiger partial charge in [0, 0.05) is 24.2 Å². The zero-order valence-electron chi connectivity index (χ0n) is 12.5. The number of hydrogen-bond donors (Lipinski definition) is 2. The number of amides is 2. The number of benzene rings is 1. The second-order valence-corrected chi connectivity index (χ2v) is 5.33. The van der Waals surface area contributed by atoms with Crippen LogP contribution in [-0.4, -0.2) is 40.4 Å².